The number of rotatable bonds is 4. The number of carbonyl (C=O) groups excluding carboxylic acids is 1. The van der Waals surface area contributed by atoms with Crippen LogP contribution in [0.3, 0.4) is 0 Å². The van der Waals surface area contributed by atoms with E-state index < -0.39 is 22.0 Å². The fourth-order valence-corrected chi connectivity index (χ4v) is 3.97. The molecule has 0 saturated carbocycles. The number of methoxy groups -OCH3 is 1. The van der Waals surface area contributed by atoms with Gasteiger partial charge in [0.05, 0.1) is 25.6 Å². The van der Waals surface area contributed by atoms with E-state index in [4.69, 9.17) is 9.47 Å². The number of hydrogen-bond donors (Lipinski definition) is 1. The Hall–Kier alpha value is -2.74. The molecule has 156 valence electrons. The van der Waals surface area contributed by atoms with Crippen LogP contribution in [0.5, 0.6) is 11.5 Å². The third kappa shape index (κ3) is 4.64. The molecule has 0 spiro atoms. The fourth-order valence-electron chi connectivity index (χ4n) is 3.07. The van der Waals surface area contributed by atoms with E-state index in [9.17, 15) is 13.2 Å². The summed E-state index contributed by atoms with van der Waals surface area (Å²) in [5.41, 5.74) is 1.85. The van der Waals surface area contributed by atoms with Crippen molar-refractivity contribution in [1.82, 2.24) is 0 Å². The lowest BCUT2D eigenvalue weighted by molar-refractivity contribution is -0.122. The summed E-state index contributed by atoms with van der Waals surface area (Å²) in [5.74, 6) is 0.614. The zero-order valence-corrected chi connectivity index (χ0v) is 18.0. The van der Waals surface area contributed by atoms with Gasteiger partial charge in [-0.1, -0.05) is 26.8 Å². The molecule has 0 unspecified atom stereocenters. The Morgan fingerprint density at radius 2 is 1.83 bits per heavy atom. The van der Waals surface area contributed by atoms with Crippen LogP contribution in [0.25, 0.3) is 0 Å². The molecule has 3 rings (SSSR count). The summed E-state index contributed by atoms with van der Waals surface area (Å²) in [4.78, 5) is 12.7. The highest BCUT2D eigenvalue weighted by atomic mass is 32.2. The van der Waals surface area contributed by atoms with E-state index in [1.54, 1.807) is 37.4 Å². The first-order valence-electron chi connectivity index (χ1n) is 9.23. The Labute approximate surface area is 171 Å². The molecule has 1 atom stereocenters. The smallest absolute Gasteiger partial charge is 0.267 e. The molecule has 0 aromatic heterocycles. The minimum atomic E-state index is -3.59. The lowest BCUT2D eigenvalue weighted by Crippen LogP contribution is -2.48. The number of ether oxygens (including phenoxy) is 2. The summed E-state index contributed by atoms with van der Waals surface area (Å²) in [7, 11) is -2.03. The first kappa shape index (κ1) is 21.0. The average molecular weight is 419 g/mol. The molecule has 0 fully saturated rings. The Morgan fingerprint density at radius 1 is 1.17 bits per heavy atom. The monoisotopic (exact) mass is 418 g/mol. The summed E-state index contributed by atoms with van der Waals surface area (Å²) >= 11 is 0. The number of fused-ring (bicyclic) bond motifs is 1. The summed E-state index contributed by atoms with van der Waals surface area (Å²) in [5, 5.41) is 2.76. The lowest BCUT2D eigenvalue weighted by Gasteiger charge is -2.35. The van der Waals surface area contributed by atoms with Crippen molar-refractivity contribution in [3.8, 4) is 11.5 Å². The van der Waals surface area contributed by atoms with Crippen LogP contribution >= 0.6 is 0 Å². The first-order chi connectivity index (χ1) is 13.5. The van der Waals surface area contributed by atoms with Crippen LogP contribution in [-0.2, 0) is 20.2 Å². The van der Waals surface area contributed by atoms with Gasteiger partial charge in [-0.3, -0.25) is 9.10 Å². The molecule has 8 heteroatoms. The lowest BCUT2D eigenvalue weighted by atomic mass is 9.86. The standard InChI is InChI=1S/C21H26N2O5S/c1-21(2,3)14-6-11-18-17(12-14)23(29(5,25)26)13-19(28-18)20(24)22-15-7-9-16(27-4)10-8-15/h6-12,19H,13H2,1-5H3,(H,22,24)/t19-/m1/s1. The van der Waals surface area contributed by atoms with Crippen molar-refractivity contribution < 1.29 is 22.7 Å². The summed E-state index contributed by atoms with van der Waals surface area (Å²) < 4.78 is 37.1. The number of hydrogen-bond acceptors (Lipinski definition) is 5. The van der Waals surface area contributed by atoms with Crippen LogP contribution in [0, 0.1) is 0 Å². The predicted molar refractivity (Wildman–Crippen MR) is 113 cm³/mol. The van der Waals surface area contributed by atoms with E-state index in [1.807, 2.05) is 32.9 Å². The van der Waals surface area contributed by atoms with Gasteiger partial charge in [-0.2, -0.15) is 0 Å². The Balaban J connectivity index is 1.89. The van der Waals surface area contributed by atoms with Crippen molar-refractivity contribution in [2.24, 2.45) is 0 Å². The van der Waals surface area contributed by atoms with Gasteiger partial charge >= 0.3 is 0 Å². The van der Waals surface area contributed by atoms with Gasteiger partial charge in [-0.05, 0) is 47.4 Å². The number of benzene rings is 2. The van der Waals surface area contributed by atoms with Crippen LogP contribution in [0.2, 0.25) is 0 Å². The van der Waals surface area contributed by atoms with Gasteiger partial charge < -0.3 is 14.8 Å². The number of nitrogens with zero attached hydrogens (tertiary/aromatic N) is 1. The van der Waals surface area contributed by atoms with Crippen LogP contribution in [0.1, 0.15) is 26.3 Å². The van der Waals surface area contributed by atoms with Crippen molar-refractivity contribution in [2.75, 3.05) is 29.5 Å². The Kier molecular flexibility index (Phi) is 5.49. The molecule has 0 radical (unpaired) electrons. The maximum atomic E-state index is 12.7. The van der Waals surface area contributed by atoms with Gasteiger partial charge in [0.2, 0.25) is 10.0 Å². The molecule has 1 heterocycles. The van der Waals surface area contributed by atoms with Crippen molar-refractivity contribution >= 4 is 27.3 Å². The quantitative estimate of drug-likeness (QED) is 0.824. The predicted octanol–water partition coefficient (Wildman–Crippen LogP) is 3.16. The molecule has 1 aliphatic heterocycles. The van der Waals surface area contributed by atoms with E-state index in [0.717, 1.165) is 11.8 Å². The average Bonchev–Trinajstić information content (AvgIpc) is 2.65. The number of nitrogens with one attached hydrogen (secondary N) is 1. The fraction of sp³-hybridized carbons (Fsp3) is 0.381. The van der Waals surface area contributed by atoms with Gasteiger partial charge in [0.25, 0.3) is 5.91 Å². The van der Waals surface area contributed by atoms with E-state index >= 15 is 0 Å². The van der Waals surface area contributed by atoms with E-state index in [1.165, 1.54) is 4.31 Å². The van der Waals surface area contributed by atoms with Gasteiger partial charge in [0.15, 0.2) is 6.10 Å². The minimum Gasteiger partial charge on any atom is -0.497 e. The van der Waals surface area contributed by atoms with E-state index in [0.29, 0.717) is 22.9 Å². The number of amides is 1. The molecular weight excluding hydrogens is 392 g/mol. The molecule has 2 aromatic carbocycles. The zero-order chi connectivity index (χ0) is 21.4. The Bertz CT molecular complexity index is 1010. The molecule has 7 nitrogen and oxygen atoms in total. The van der Waals surface area contributed by atoms with Crippen molar-refractivity contribution in [2.45, 2.75) is 32.3 Å². The second-order valence-corrected chi connectivity index (χ2v) is 9.96. The van der Waals surface area contributed by atoms with Gasteiger partial charge in [0.1, 0.15) is 11.5 Å². The van der Waals surface area contributed by atoms with Crippen LogP contribution in [-0.4, -0.2) is 40.3 Å². The highest BCUT2D eigenvalue weighted by Crippen LogP contribution is 2.38. The summed E-state index contributed by atoms with van der Waals surface area (Å²) in [6, 6.07) is 12.3. The molecule has 1 aliphatic rings. The normalized spacial score (nSPS) is 16.6. The molecule has 1 N–H and O–H groups in total. The third-order valence-electron chi connectivity index (χ3n) is 4.74. The molecular formula is C21H26N2O5S. The summed E-state index contributed by atoms with van der Waals surface area (Å²) in [6.45, 7) is 6.05. The second kappa shape index (κ2) is 7.59. The highest BCUT2D eigenvalue weighted by Gasteiger charge is 2.35. The maximum Gasteiger partial charge on any atom is 0.267 e. The topological polar surface area (TPSA) is 84.9 Å². The first-order valence-corrected chi connectivity index (χ1v) is 11.1. The summed E-state index contributed by atoms with van der Waals surface area (Å²) in [6.07, 6.45) is 0.157. The molecule has 1 amide bonds. The van der Waals surface area contributed by atoms with Crippen molar-refractivity contribution in [1.29, 1.82) is 0 Å². The molecule has 0 saturated heterocycles. The SMILES string of the molecule is COc1ccc(NC(=O)[C@H]2CN(S(C)(=O)=O)c3cc(C(C)(C)C)ccc3O2)cc1. The van der Waals surface area contributed by atoms with Crippen LogP contribution in [0.15, 0.2) is 42.5 Å². The number of sulfonamides is 1. The molecule has 0 aliphatic carbocycles. The number of carbonyl (C=O) groups is 1. The largest absolute Gasteiger partial charge is 0.497 e. The van der Waals surface area contributed by atoms with Crippen LogP contribution in [0.4, 0.5) is 11.4 Å². The number of anilines is 2. The van der Waals surface area contributed by atoms with Crippen LogP contribution < -0.4 is 19.1 Å². The Morgan fingerprint density at radius 3 is 2.38 bits per heavy atom. The molecule has 0 bridgehead atoms. The molecule has 29 heavy (non-hydrogen) atoms. The van der Waals surface area contributed by atoms with Crippen molar-refractivity contribution in [3.63, 3.8) is 0 Å². The zero-order valence-electron chi connectivity index (χ0n) is 17.2. The third-order valence-corrected chi connectivity index (χ3v) is 5.89. The minimum absolute atomic E-state index is 0.0958. The van der Waals surface area contributed by atoms with E-state index in [-0.39, 0.29) is 12.0 Å². The van der Waals surface area contributed by atoms with Gasteiger partial charge in [-0.15, -0.1) is 0 Å². The second-order valence-electron chi connectivity index (χ2n) is 8.05. The van der Waals surface area contributed by atoms with E-state index in [2.05, 4.69) is 5.32 Å². The molecule has 2 aromatic rings. The maximum absolute atomic E-state index is 12.7. The highest BCUT2D eigenvalue weighted by molar-refractivity contribution is 7.92. The van der Waals surface area contributed by atoms with Gasteiger partial charge in [-0.25, -0.2) is 8.42 Å². The van der Waals surface area contributed by atoms with Crippen molar-refractivity contribution in [3.05, 3.63) is 48.0 Å². The van der Waals surface area contributed by atoms with Gasteiger partial charge in [0, 0.05) is 5.69 Å².